The standard InChI is InChI=1S/C23H20ClF2N3O4/c24-10-20-22(32)18(31)9-19(33-20)13-4-6-27-11-12(13)8-17(30)16-5-7-28-23(29-16)21-14(25)2-1-3-15(21)26/h1-7,11,18-20,22,31-32H,8-10H2/t18-,19-,20-,22+/m1/s1. The molecule has 0 spiro atoms. The second kappa shape index (κ2) is 9.96. The van der Waals surface area contributed by atoms with Crippen molar-refractivity contribution in [3.8, 4) is 11.4 Å². The molecule has 4 atom stereocenters. The fourth-order valence-electron chi connectivity index (χ4n) is 3.79. The number of nitrogens with zero attached hydrogens (tertiary/aromatic N) is 3. The van der Waals surface area contributed by atoms with Crippen LogP contribution in [0.3, 0.4) is 0 Å². The lowest BCUT2D eigenvalue weighted by Crippen LogP contribution is -2.46. The minimum Gasteiger partial charge on any atom is -0.390 e. The Morgan fingerprint density at radius 2 is 1.91 bits per heavy atom. The number of aliphatic hydroxyl groups is 2. The first kappa shape index (κ1) is 23.3. The van der Waals surface area contributed by atoms with Crippen molar-refractivity contribution in [3.05, 3.63) is 77.4 Å². The van der Waals surface area contributed by atoms with E-state index < -0.39 is 47.4 Å². The molecule has 0 aliphatic carbocycles. The molecule has 7 nitrogen and oxygen atoms in total. The number of ether oxygens (including phenoxy) is 1. The molecule has 1 aliphatic rings. The number of aromatic nitrogens is 3. The van der Waals surface area contributed by atoms with Gasteiger partial charge < -0.3 is 14.9 Å². The van der Waals surface area contributed by atoms with Crippen molar-refractivity contribution < 1.29 is 28.5 Å². The molecule has 0 bridgehead atoms. The number of Topliss-reactive ketones (excluding diaryl/α,β-unsaturated/α-hetero) is 1. The van der Waals surface area contributed by atoms with Gasteiger partial charge in [-0.3, -0.25) is 9.78 Å². The van der Waals surface area contributed by atoms with E-state index in [1.807, 2.05) is 0 Å². The summed E-state index contributed by atoms with van der Waals surface area (Å²) in [5.41, 5.74) is 0.719. The molecule has 1 aliphatic heterocycles. The molecule has 1 fully saturated rings. The number of benzene rings is 1. The molecular formula is C23H20ClF2N3O4. The molecule has 10 heteroatoms. The fourth-order valence-corrected chi connectivity index (χ4v) is 4.05. The van der Waals surface area contributed by atoms with E-state index in [1.54, 1.807) is 6.07 Å². The molecule has 0 radical (unpaired) electrons. The minimum atomic E-state index is -1.11. The van der Waals surface area contributed by atoms with Crippen molar-refractivity contribution in [2.75, 3.05) is 5.88 Å². The predicted molar refractivity (Wildman–Crippen MR) is 115 cm³/mol. The Kier molecular flexibility index (Phi) is 7.04. The Hall–Kier alpha value is -2.85. The van der Waals surface area contributed by atoms with Gasteiger partial charge in [-0.05, 0) is 35.4 Å². The SMILES string of the molecule is O=C(Cc1cnccc1[C@H]1C[C@@H](O)[C@H](O)[C@@H](CCl)O1)c1ccnc(-c2c(F)cccc2F)n1. The second-order valence-electron chi connectivity index (χ2n) is 7.65. The van der Waals surface area contributed by atoms with Crippen LogP contribution in [-0.2, 0) is 11.2 Å². The van der Waals surface area contributed by atoms with Crippen LogP contribution in [-0.4, -0.2) is 55.1 Å². The maximum absolute atomic E-state index is 14.1. The first-order valence-corrected chi connectivity index (χ1v) is 10.7. The van der Waals surface area contributed by atoms with Crippen LogP contribution in [0.1, 0.15) is 34.1 Å². The van der Waals surface area contributed by atoms with E-state index in [2.05, 4.69) is 15.0 Å². The van der Waals surface area contributed by atoms with Gasteiger partial charge in [0.05, 0.1) is 23.7 Å². The van der Waals surface area contributed by atoms with Gasteiger partial charge in [0.2, 0.25) is 0 Å². The first-order valence-electron chi connectivity index (χ1n) is 10.2. The van der Waals surface area contributed by atoms with Crippen molar-refractivity contribution in [2.45, 2.75) is 37.3 Å². The number of pyridine rings is 1. The molecule has 0 unspecified atom stereocenters. The van der Waals surface area contributed by atoms with Crippen LogP contribution in [0.25, 0.3) is 11.4 Å². The highest BCUT2D eigenvalue weighted by Gasteiger charge is 2.37. The molecule has 0 amide bonds. The van der Waals surface area contributed by atoms with Gasteiger partial charge in [-0.1, -0.05) is 6.07 Å². The quantitative estimate of drug-likeness (QED) is 0.417. The van der Waals surface area contributed by atoms with Gasteiger partial charge in [0, 0.05) is 31.4 Å². The van der Waals surface area contributed by atoms with Gasteiger partial charge in [-0.25, -0.2) is 18.7 Å². The van der Waals surface area contributed by atoms with E-state index in [1.165, 1.54) is 30.7 Å². The van der Waals surface area contributed by atoms with Crippen LogP contribution >= 0.6 is 11.6 Å². The van der Waals surface area contributed by atoms with Gasteiger partial charge >= 0.3 is 0 Å². The number of hydrogen-bond acceptors (Lipinski definition) is 7. The first-order chi connectivity index (χ1) is 15.9. The molecule has 1 aromatic carbocycles. The largest absolute Gasteiger partial charge is 0.390 e. The molecule has 1 saturated heterocycles. The number of aliphatic hydroxyl groups excluding tert-OH is 2. The van der Waals surface area contributed by atoms with Gasteiger partial charge in [0.1, 0.15) is 29.5 Å². The lowest BCUT2D eigenvalue weighted by Gasteiger charge is -2.37. The number of hydrogen-bond donors (Lipinski definition) is 2. The fraction of sp³-hybridized carbons (Fsp3) is 0.304. The van der Waals surface area contributed by atoms with E-state index in [-0.39, 0.29) is 30.2 Å². The van der Waals surface area contributed by atoms with Crippen LogP contribution in [0.15, 0.2) is 48.9 Å². The number of alkyl halides is 1. The van der Waals surface area contributed by atoms with Crippen molar-refractivity contribution in [1.82, 2.24) is 15.0 Å². The summed E-state index contributed by atoms with van der Waals surface area (Å²) in [5, 5.41) is 20.2. The van der Waals surface area contributed by atoms with Crippen LogP contribution in [0.2, 0.25) is 0 Å². The van der Waals surface area contributed by atoms with E-state index >= 15 is 0 Å². The van der Waals surface area contributed by atoms with E-state index in [0.29, 0.717) is 11.1 Å². The molecule has 3 heterocycles. The van der Waals surface area contributed by atoms with Crippen molar-refractivity contribution in [3.63, 3.8) is 0 Å². The molecule has 2 N–H and O–H groups in total. The Balaban J connectivity index is 1.60. The third kappa shape index (κ3) is 4.91. The van der Waals surface area contributed by atoms with Crippen LogP contribution in [0.5, 0.6) is 0 Å². The van der Waals surface area contributed by atoms with Gasteiger partial charge in [0.15, 0.2) is 11.6 Å². The lowest BCUT2D eigenvalue weighted by atomic mass is 9.91. The summed E-state index contributed by atoms with van der Waals surface area (Å²) in [7, 11) is 0. The van der Waals surface area contributed by atoms with Gasteiger partial charge in [0.25, 0.3) is 0 Å². The summed E-state index contributed by atoms with van der Waals surface area (Å²) in [6.07, 6.45) is 0.773. The van der Waals surface area contributed by atoms with Crippen LogP contribution < -0.4 is 0 Å². The molecule has 4 rings (SSSR count). The Labute approximate surface area is 193 Å². The molecule has 0 saturated carbocycles. The van der Waals surface area contributed by atoms with Crippen molar-refractivity contribution in [1.29, 1.82) is 0 Å². The summed E-state index contributed by atoms with van der Waals surface area (Å²) in [4.78, 5) is 25.0. The van der Waals surface area contributed by atoms with E-state index in [4.69, 9.17) is 16.3 Å². The molecule has 3 aromatic rings. The summed E-state index contributed by atoms with van der Waals surface area (Å²) in [6.45, 7) is 0. The number of carbonyl (C=O) groups excluding carboxylic acids is 1. The Morgan fingerprint density at radius 1 is 1.15 bits per heavy atom. The normalized spacial score (nSPS) is 22.8. The van der Waals surface area contributed by atoms with Crippen molar-refractivity contribution >= 4 is 17.4 Å². The topological polar surface area (TPSA) is 105 Å². The highest BCUT2D eigenvalue weighted by molar-refractivity contribution is 6.18. The van der Waals surface area contributed by atoms with E-state index in [0.717, 1.165) is 12.1 Å². The zero-order valence-corrected chi connectivity index (χ0v) is 18.0. The van der Waals surface area contributed by atoms with Crippen molar-refractivity contribution in [2.24, 2.45) is 0 Å². The van der Waals surface area contributed by atoms with Gasteiger partial charge in [-0.2, -0.15) is 0 Å². The molecule has 172 valence electrons. The average Bonchev–Trinajstić information content (AvgIpc) is 2.81. The predicted octanol–water partition coefficient (Wildman–Crippen LogP) is 3.03. The molecular weight excluding hydrogens is 456 g/mol. The Morgan fingerprint density at radius 3 is 2.64 bits per heavy atom. The maximum Gasteiger partial charge on any atom is 0.185 e. The average molecular weight is 476 g/mol. The van der Waals surface area contributed by atoms with Crippen LogP contribution in [0, 0.1) is 11.6 Å². The number of ketones is 1. The summed E-state index contributed by atoms with van der Waals surface area (Å²) in [6, 6.07) is 6.43. The molecule has 33 heavy (non-hydrogen) atoms. The summed E-state index contributed by atoms with van der Waals surface area (Å²) in [5.74, 6) is -2.34. The highest BCUT2D eigenvalue weighted by atomic mass is 35.5. The zero-order chi connectivity index (χ0) is 23.5. The second-order valence-corrected chi connectivity index (χ2v) is 7.96. The summed E-state index contributed by atoms with van der Waals surface area (Å²) >= 11 is 5.85. The van der Waals surface area contributed by atoms with Crippen LogP contribution in [0.4, 0.5) is 8.78 Å². The zero-order valence-electron chi connectivity index (χ0n) is 17.2. The number of halogens is 3. The smallest absolute Gasteiger partial charge is 0.185 e. The third-order valence-corrected chi connectivity index (χ3v) is 5.79. The monoisotopic (exact) mass is 475 g/mol. The molecule has 2 aromatic heterocycles. The number of carbonyl (C=O) groups is 1. The summed E-state index contributed by atoms with van der Waals surface area (Å²) < 4.78 is 34.1. The Bertz CT molecular complexity index is 1150. The van der Waals surface area contributed by atoms with E-state index in [9.17, 15) is 23.8 Å². The highest BCUT2D eigenvalue weighted by Crippen LogP contribution is 2.34. The third-order valence-electron chi connectivity index (χ3n) is 5.49. The minimum absolute atomic E-state index is 0.00953. The van der Waals surface area contributed by atoms with Gasteiger partial charge in [-0.15, -0.1) is 11.6 Å². The lowest BCUT2D eigenvalue weighted by molar-refractivity contribution is -0.162. The number of rotatable bonds is 6. The maximum atomic E-state index is 14.1.